The summed E-state index contributed by atoms with van der Waals surface area (Å²) < 4.78 is 36.0. The summed E-state index contributed by atoms with van der Waals surface area (Å²) in [5.74, 6) is 0.146. The monoisotopic (exact) mass is 497 g/mol. The van der Waals surface area contributed by atoms with Gasteiger partial charge in [-0.2, -0.15) is 4.98 Å². The summed E-state index contributed by atoms with van der Waals surface area (Å²) >= 11 is 0. The number of rotatable bonds is 14. The van der Waals surface area contributed by atoms with Gasteiger partial charge in [0.2, 0.25) is 11.9 Å². The van der Waals surface area contributed by atoms with E-state index in [1.165, 1.54) is 0 Å². The molecular formula is C25H28FN5O5. The van der Waals surface area contributed by atoms with E-state index in [0.29, 0.717) is 55.0 Å². The number of anilines is 5. The van der Waals surface area contributed by atoms with Crippen LogP contribution in [0.25, 0.3) is 0 Å². The number of nitrogens with one attached hydrogen (secondary N) is 3. The topological polar surface area (TPSA) is 116 Å². The number of benzene rings is 2. The van der Waals surface area contributed by atoms with Crippen LogP contribution in [0.4, 0.5) is 33.2 Å². The molecule has 3 aromatic rings. The number of carbonyl (C=O) groups excluding carboxylic acids is 1. The molecule has 1 aromatic heterocycles. The van der Waals surface area contributed by atoms with Crippen molar-refractivity contribution in [2.75, 3.05) is 56.6 Å². The summed E-state index contributed by atoms with van der Waals surface area (Å²) in [5.41, 5.74) is 1.64. The third-order valence-electron chi connectivity index (χ3n) is 4.61. The van der Waals surface area contributed by atoms with E-state index >= 15 is 0 Å². The number of aromatic nitrogens is 2. The highest BCUT2D eigenvalue weighted by Crippen LogP contribution is 2.32. The number of amides is 1. The minimum absolute atomic E-state index is 0.0456. The van der Waals surface area contributed by atoms with Crippen LogP contribution in [0.1, 0.15) is 0 Å². The van der Waals surface area contributed by atoms with Crippen LogP contribution in [0.3, 0.4) is 0 Å². The standard InChI is InChI=1S/C25H28FN5O5/c1-4-23(32)28-17-6-5-7-18(14-17)29-24-20(26)16-27-25(31-24)30-19-8-9-21(35-12-10-33-2)22(15-19)36-13-11-34-3/h4-9,14-16H,1,10-13H2,2-3H3,(H,28,32)(H2,27,29,30,31). The first-order valence-corrected chi connectivity index (χ1v) is 11.0. The zero-order chi connectivity index (χ0) is 25.8. The van der Waals surface area contributed by atoms with Gasteiger partial charge in [0.05, 0.1) is 19.4 Å². The number of ether oxygens (including phenoxy) is 4. The Morgan fingerprint density at radius 3 is 2.36 bits per heavy atom. The lowest BCUT2D eigenvalue weighted by Gasteiger charge is -2.15. The van der Waals surface area contributed by atoms with Crippen molar-refractivity contribution in [3.63, 3.8) is 0 Å². The molecule has 1 heterocycles. The van der Waals surface area contributed by atoms with Gasteiger partial charge in [0, 0.05) is 37.3 Å². The summed E-state index contributed by atoms with van der Waals surface area (Å²) in [6.45, 7) is 4.95. The molecule has 0 saturated carbocycles. The summed E-state index contributed by atoms with van der Waals surface area (Å²) in [6, 6.07) is 12.0. The minimum Gasteiger partial charge on any atom is -0.487 e. The lowest BCUT2D eigenvalue weighted by Crippen LogP contribution is -2.09. The molecule has 3 N–H and O–H groups in total. The van der Waals surface area contributed by atoms with Crippen LogP contribution in [-0.4, -0.2) is 56.5 Å². The Hall–Kier alpha value is -4.22. The first-order chi connectivity index (χ1) is 17.5. The van der Waals surface area contributed by atoms with Gasteiger partial charge in [0.25, 0.3) is 0 Å². The van der Waals surface area contributed by atoms with Gasteiger partial charge < -0.3 is 34.9 Å². The highest BCUT2D eigenvalue weighted by Gasteiger charge is 2.11. The lowest BCUT2D eigenvalue weighted by atomic mass is 10.2. The van der Waals surface area contributed by atoms with Gasteiger partial charge in [0.15, 0.2) is 23.1 Å². The van der Waals surface area contributed by atoms with Gasteiger partial charge in [-0.05, 0) is 36.4 Å². The first kappa shape index (κ1) is 26.4. The van der Waals surface area contributed by atoms with E-state index in [0.717, 1.165) is 12.3 Å². The predicted octanol–water partition coefficient (Wildman–Crippen LogP) is 4.28. The molecule has 2 aromatic carbocycles. The molecule has 0 aliphatic heterocycles. The van der Waals surface area contributed by atoms with Gasteiger partial charge in [-0.25, -0.2) is 9.37 Å². The highest BCUT2D eigenvalue weighted by atomic mass is 19.1. The van der Waals surface area contributed by atoms with Crippen molar-refractivity contribution in [2.24, 2.45) is 0 Å². The van der Waals surface area contributed by atoms with E-state index in [4.69, 9.17) is 18.9 Å². The Morgan fingerprint density at radius 2 is 1.64 bits per heavy atom. The average molecular weight is 498 g/mol. The molecule has 0 atom stereocenters. The average Bonchev–Trinajstić information content (AvgIpc) is 2.87. The first-order valence-electron chi connectivity index (χ1n) is 11.0. The summed E-state index contributed by atoms with van der Waals surface area (Å²) in [4.78, 5) is 19.8. The normalized spacial score (nSPS) is 10.4. The van der Waals surface area contributed by atoms with E-state index < -0.39 is 5.82 Å². The fourth-order valence-electron chi connectivity index (χ4n) is 2.94. The largest absolute Gasteiger partial charge is 0.487 e. The van der Waals surface area contributed by atoms with Crippen LogP contribution in [-0.2, 0) is 14.3 Å². The molecule has 190 valence electrons. The molecule has 0 unspecified atom stereocenters. The third kappa shape index (κ3) is 7.93. The second kappa shape index (κ2) is 13.6. The Morgan fingerprint density at radius 1 is 0.944 bits per heavy atom. The van der Waals surface area contributed by atoms with Crippen molar-refractivity contribution in [3.05, 3.63) is 67.1 Å². The van der Waals surface area contributed by atoms with Crippen molar-refractivity contribution >= 4 is 34.7 Å². The number of methoxy groups -OCH3 is 2. The maximum Gasteiger partial charge on any atom is 0.247 e. The van der Waals surface area contributed by atoms with Gasteiger partial charge in [-0.3, -0.25) is 4.79 Å². The van der Waals surface area contributed by atoms with Crippen molar-refractivity contribution in [3.8, 4) is 11.5 Å². The highest BCUT2D eigenvalue weighted by molar-refractivity contribution is 5.99. The fourth-order valence-corrected chi connectivity index (χ4v) is 2.94. The lowest BCUT2D eigenvalue weighted by molar-refractivity contribution is -0.111. The van der Waals surface area contributed by atoms with Gasteiger partial charge in [0.1, 0.15) is 13.2 Å². The molecule has 10 nitrogen and oxygen atoms in total. The van der Waals surface area contributed by atoms with Gasteiger partial charge >= 0.3 is 0 Å². The molecule has 0 fully saturated rings. The van der Waals surface area contributed by atoms with E-state index in [-0.39, 0.29) is 17.7 Å². The molecule has 0 spiro atoms. The third-order valence-corrected chi connectivity index (χ3v) is 4.61. The minimum atomic E-state index is -0.647. The molecule has 0 saturated heterocycles. The fraction of sp³-hybridized carbons (Fsp3) is 0.240. The molecule has 36 heavy (non-hydrogen) atoms. The SMILES string of the molecule is C=CC(=O)Nc1cccc(Nc2nc(Nc3ccc(OCCOC)c(OCCOC)c3)ncc2F)c1. The Labute approximate surface area is 208 Å². The van der Waals surface area contributed by atoms with Crippen molar-refractivity contribution in [1.82, 2.24) is 9.97 Å². The van der Waals surface area contributed by atoms with Crippen molar-refractivity contribution < 1.29 is 28.1 Å². The van der Waals surface area contributed by atoms with Crippen molar-refractivity contribution in [2.45, 2.75) is 0 Å². The van der Waals surface area contributed by atoms with Gasteiger partial charge in [-0.1, -0.05) is 12.6 Å². The maximum atomic E-state index is 14.4. The smallest absolute Gasteiger partial charge is 0.247 e. The molecule has 0 aliphatic carbocycles. The van der Waals surface area contributed by atoms with Crippen LogP contribution in [0.2, 0.25) is 0 Å². The Kier molecular flexibility index (Phi) is 9.98. The number of halogens is 1. The number of nitrogens with zero attached hydrogens (tertiary/aromatic N) is 2. The zero-order valence-corrected chi connectivity index (χ0v) is 20.0. The predicted molar refractivity (Wildman–Crippen MR) is 135 cm³/mol. The van der Waals surface area contributed by atoms with Crippen LogP contribution >= 0.6 is 0 Å². The number of carbonyl (C=O) groups is 1. The second-order valence-electron chi connectivity index (χ2n) is 7.26. The summed E-state index contributed by atoms with van der Waals surface area (Å²) in [7, 11) is 3.18. The molecular weight excluding hydrogens is 469 g/mol. The van der Waals surface area contributed by atoms with E-state index in [2.05, 4.69) is 32.5 Å². The molecule has 11 heteroatoms. The molecule has 1 amide bonds. The quantitative estimate of drug-likeness (QED) is 0.222. The van der Waals surface area contributed by atoms with Crippen LogP contribution in [0.15, 0.2) is 61.3 Å². The van der Waals surface area contributed by atoms with Crippen molar-refractivity contribution in [1.29, 1.82) is 0 Å². The number of hydrogen-bond donors (Lipinski definition) is 3. The van der Waals surface area contributed by atoms with Crippen LogP contribution < -0.4 is 25.4 Å². The molecule has 0 radical (unpaired) electrons. The second-order valence-corrected chi connectivity index (χ2v) is 7.26. The number of hydrogen-bond acceptors (Lipinski definition) is 9. The van der Waals surface area contributed by atoms with E-state index in [1.54, 1.807) is 56.7 Å². The van der Waals surface area contributed by atoms with Crippen LogP contribution in [0.5, 0.6) is 11.5 Å². The van der Waals surface area contributed by atoms with E-state index in [1.807, 2.05) is 0 Å². The Bertz CT molecular complexity index is 1180. The van der Waals surface area contributed by atoms with Crippen LogP contribution in [0, 0.1) is 5.82 Å². The summed E-state index contributed by atoms with van der Waals surface area (Å²) in [6.07, 6.45) is 2.22. The Balaban J connectivity index is 1.76. The maximum absolute atomic E-state index is 14.4. The summed E-state index contributed by atoms with van der Waals surface area (Å²) in [5, 5.41) is 8.59. The zero-order valence-electron chi connectivity index (χ0n) is 20.0. The molecule has 3 rings (SSSR count). The molecule has 0 aliphatic rings. The molecule has 0 bridgehead atoms. The van der Waals surface area contributed by atoms with Gasteiger partial charge in [-0.15, -0.1) is 0 Å². The van der Waals surface area contributed by atoms with E-state index in [9.17, 15) is 9.18 Å².